The van der Waals surface area contributed by atoms with Crippen LogP contribution in [0, 0.1) is 17.8 Å². The topological polar surface area (TPSA) is 84.2 Å². The minimum Gasteiger partial charge on any atom is -0.347 e. The summed E-state index contributed by atoms with van der Waals surface area (Å²) in [6.45, 7) is 0.0195. The second-order valence-electron chi connectivity index (χ2n) is 6.83. The number of carbonyl (C=O) groups is 2. The molecule has 5 nitrogen and oxygen atoms in total. The molecular formula is C18H26ClN3O2. The Morgan fingerprint density at radius 2 is 1.71 bits per heavy atom. The number of carbonyl (C=O) groups excluding carboxylic acids is 2. The summed E-state index contributed by atoms with van der Waals surface area (Å²) < 4.78 is 0. The van der Waals surface area contributed by atoms with Crippen LogP contribution in [0.3, 0.4) is 0 Å². The lowest BCUT2D eigenvalue weighted by atomic mass is 9.65. The minimum absolute atomic E-state index is 0. The maximum absolute atomic E-state index is 12.4. The molecule has 4 N–H and O–H groups in total. The van der Waals surface area contributed by atoms with E-state index in [0.29, 0.717) is 11.8 Å². The lowest BCUT2D eigenvalue weighted by Crippen LogP contribution is -2.49. The number of nitrogens with two attached hydrogens (primary N) is 1. The van der Waals surface area contributed by atoms with Crippen LogP contribution in [0.1, 0.15) is 32.1 Å². The van der Waals surface area contributed by atoms with Gasteiger partial charge in [0.25, 0.3) is 0 Å². The third-order valence-corrected chi connectivity index (χ3v) is 5.26. The summed E-state index contributed by atoms with van der Waals surface area (Å²) in [5.41, 5.74) is 7.00. The molecule has 1 aromatic carbocycles. The van der Waals surface area contributed by atoms with Gasteiger partial charge >= 0.3 is 0 Å². The van der Waals surface area contributed by atoms with Crippen LogP contribution in [0.4, 0.5) is 5.69 Å². The van der Waals surface area contributed by atoms with Gasteiger partial charge in [-0.05, 0) is 49.7 Å². The molecule has 3 rings (SSSR count). The van der Waals surface area contributed by atoms with Gasteiger partial charge in [0.2, 0.25) is 11.8 Å². The van der Waals surface area contributed by atoms with Crippen LogP contribution in [0.25, 0.3) is 0 Å². The molecule has 24 heavy (non-hydrogen) atoms. The van der Waals surface area contributed by atoms with Crippen molar-refractivity contribution in [3.8, 4) is 0 Å². The van der Waals surface area contributed by atoms with Gasteiger partial charge in [0.1, 0.15) is 0 Å². The molecule has 2 aliphatic carbocycles. The third kappa shape index (κ3) is 4.48. The number of rotatable bonds is 4. The highest BCUT2D eigenvalue weighted by molar-refractivity contribution is 5.94. The Balaban J connectivity index is 0.00000208. The van der Waals surface area contributed by atoms with Crippen molar-refractivity contribution in [3.05, 3.63) is 30.3 Å². The number of amides is 2. The summed E-state index contributed by atoms with van der Waals surface area (Å²) >= 11 is 0. The summed E-state index contributed by atoms with van der Waals surface area (Å²) in [7, 11) is 0. The van der Waals surface area contributed by atoms with Crippen LogP contribution in [-0.4, -0.2) is 24.4 Å². The first-order valence-corrected chi connectivity index (χ1v) is 8.51. The molecule has 1 aromatic rings. The standard InChI is InChI=1S/C18H25N3O2.ClH/c19-17-12-5-4-6-13(17)10-14(9-12)18(23)20-11-16(22)21-15-7-2-1-3-8-15;/h1-3,7-8,12-14,17H,4-6,9-11,19H2,(H,20,23)(H,21,22);1H. The number of anilines is 1. The zero-order chi connectivity index (χ0) is 16.2. The zero-order valence-electron chi connectivity index (χ0n) is 13.7. The molecule has 2 amide bonds. The zero-order valence-corrected chi connectivity index (χ0v) is 14.6. The number of nitrogens with one attached hydrogen (secondary N) is 2. The van der Waals surface area contributed by atoms with Crippen LogP contribution < -0.4 is 16.4 Å². The van der Waals surface area contributed by atoms with E-state index in [9.17, 15) is 9.59 Å². The van der Waals surface area contributed by atoms with Crippen molar-refractivity contribution in [1.29, 1.82) is 0 Å². The second-order valence-corrected chi connectivity index (χ2v) is 6.83. The van der Waals surface area contributed by atoms with E-state index >= 15 is 0 Å². The van der Waals surface area contributed by atoms with Gasteiger partial charge < -0.3 is 16.4 Å². The number of benzene rings is 1. The molecule has 2 aliphatic rings. The van der Waals surface area contributed by atoms with Gasteiger partial charge in [0.15, 0.2) is 0 Å². The average Bonchev–Trinajstić information content (AvgIpc) is 2.53. The van der Waals surface area contributed by atoms with Crippen molar-refractivity contribution in [3.63, 3.8) is 0 Å². The van der Waals surface area contributed by atoms with Gasteiger partial charge in [-0.1, -0.05) is 24.6 Å². The number of hydrogen-bond donors (Lipinski definition) is 3. The van der Waals surface area contributed by atoms with E-state index in [-0.39, 0.29) is 42.7 Å². The van der Waals surface area contributed by atoms with E-state index in [4.69, 9.17) is 5.73 Å². The minimum atomic E-state index is -0.197. The monoisotopic (exact) mass is 351 g/mol. The highest BCUT2D eigenvalue weighted by Crippen LogP contribution is 2.41. The molecule has 0 aliphatic heterocycles. The van der Waals surface area contributed by atoms with Crippen molar-refractivity contribution in [2.75, 3.05) is 11.9 Å². The predicted octanol–water partition coefficient (Wildman–Crippen LogP) is 2.32. The van der Waals surface area contributed by atoms with Gasteiger partial charge in [0, 0.05) is 17.6 Å². The van der Waals surface area contributed by atoms with E-state index in [1.165, 1.54) is 6.42 Å². The number of fused-ring (bicyclic) bond motifs is 2. The molecule has 0 saturated heterocycles. The molecule has 0 aromatic heterocycles. The highest BCUT2D eigenvalue weighted by Gasteiger charge is 2.40. The van der Waals surface area contributed by atoms with Crippen molar-refractivity contribution >= 4 is 29.9 Å². The van der Waals surface area contributed by atoms with E-state index in [1.807, 2.05) is 30.3 Å². The van der Waals surface area contributed by atoms with Gasteiger partial charge in [-0.15, -0.1) is 12.4 Å². The third-order valence-electron chi connectivity index (χ3n) is 5.26. The Kier molecular flexibility index (Phi) is 6.63. The second kappa shape index (κ2) is 8.49. The first kappa shape index (κ1) is 18.7. The van der Waals surface area contributed by atoms with Crippen molar-refractivity contribution in [2.24, 2.45) is 23.5 Å². The van der Waals surface area contributed by atoms with E-state index in [2.05, 4.69) is 10.6 Å². The van der Waals surface area contributed by atoms with E-state index < -0.39 is 0 Å². The summed E-state index contributed by atoms with van der Waals surface area (Å²) in [6, 6.07) is 9.51. The maximum atomic E-state index is 12.4. The molecule has 0 radical (unpaired) electrons. The lowest BCUT2D eigenvalue weighted by molar-refractivity contribution is -0.129. The first-order chi connectivity index (χ1) is 11.1. The Hall–Kier alpha value is -1.59. The smallest absolute Gasteiger partial charge is 0.243 e. The number of halogens is 1. The summed E-state index contributed by atoms with van der Waals surface area (Å²) in [5.74, 6) is 0.747. The van der Waals surface area contributed by atoms with Crippen molar-refractivity contribution in [1.82, 2.24) is 5.32 Å². The van der Waals surface area contributed by atoms with Crippen LogP contribution in [0.2, 0.25) is 0 Å². The summed E-state index contributed by atoms with van der Waals surface area (Å²) in [4.78, 5) is 24.3. The van der Waals surface area contributed by atoms with Crippen LogP contribution in [0.15, 0.2) is 30.3 Å². The van der Waals surface area contributed by atoms with Gasteiger partial charge in [-0.3, -0.25) is 9.59 Å². The molecular weight excluding hydrogens is 326 g/mol. The Labute approximate surface area is 149 Å². The van der Waals surface area contributed by atoms with E-state index in [1.54, 1.807) is 0 Å². The number of para-hydroxylation sites is 1. The fourth-order valence-electron chi connectivity index (χ4n) is 4.04. The fraction of sp³-hybridized carbons (Fsp3) is 0.556. The van der Waals surface area contributed by atoms with E-state index in [0.717, 1.165) is 31.4 Å². The molecule has 2 saturated carbocycles. The Morgan fingerprint density at radius 3 is 2.33 bits per heavy atom. The highest BCUT2D eigenvalue weighted by atomic mass is 35.5. The largest absolute Gasteiger partial charge is 0.347 e. The maximum Gasteiger partial charge on any atom is 0.243 e. The van der Waals surface area contributed by atoms with Gasteiger partial charge in [-0.2, -0.15) is 0 Å². The summed E-state index contributed by atoms with van der Waals surface area (Å²) in [6.07, 6.45) is 5.23. The molecule has 2 unspecified atom stereocenters. The quantitative estimate of drug-likeness (QED) is 0.778. The molecule has 132 valence electrons. The molecule has 2 fully saturated rings. The SMILES string of the molecule is Cl.NC1C2CCCC1CC(C(=O)NCC(=O)Nc1ccccc1)C2. The molecule has 2 atom stereocenters. The molecule has 0 spiro atoms. The predicted molar refractivity (Wildman–Crippen MR) is 96.9 cm³/mol. The van der Waals surface area contributed by atoms with Gasteiger partial charge in [-0.25, -0.2) is 0 Å². The molecule has 6 heteroatoms. The van der Waals surface area contributed by atoms with Crippen LogP contribution in [0.5, 0.6) is 0 Å². The van der Waals surface area contributed by atoms with Crippen molar-refractivity contribution in [2.45, 2.75) is 38.1 Å². The van der Waals surface area contributed by atoms with Gasteiger partial charge in [0.05, 0.1) is 6.54 Å². The van der Waals surface area contributed by atoms with Crippen LogP contribution >= 0.6 is 12.4 Å². The molecule has 2 bridgehead atoms. The Bertz CT molecular complexity index is 553. The van der Waals surface area contributed by atoms with Crippen molar-refractivity contribution < 1.29 is 9.59 Å². The number of hydrogen-bond acceptors (Lipinski definition) is 3. The lowest BCUT2D eigenvalue weighted by Gasteiger charge is -2.43. The van der Waals surface area contributed by atoms with Crippen LogP contribution in [-0.2, 0) is 9.59 Å². The fourth-order valence-corrected chi connectivity index (χ4v) is 4.04. The summed E-state index contributed by atoms with van der Waals surface area (Å²) in [5, 5.41) is 5.56. The normalized spacial score (nSPS) is 28.4. The Morgan fingerprint density at radius 1 is 1.08 bits per heavy atom. The molecule has 0 heterocycles. The first-order valence-electron chi connectivity index (χ1n) is 8.51. The average molecular weight is 352 g/mol.